The fraction of sp³-hybridized carbons (Fsp3) is 0. The van der Waals surface area contributed by atoms with Gasteiger partial charge in [0, 0.05) is 5.56 Å². The van der Waals surface area contributed by atoms with Crippen molar-refractivity contribution in [1.82, 2.24) is 0 Å². The largest absolute Gasteiger partial charge is 0.286 e. The number of carbonyl (C=O) groups excluding carboxylic acids is 1. The molecule has 0 aliphatic rings. The van der Waals surface area contributed by atoms with Gasteiger partial charge in [-0.1, -0.05) is 48.5 Å². The Morgan fingerprint density at radius 2 is 1.50 bits per heavy atom. The fourth-order valence-corrected chi connectivity index (χ4v) is 1.70. The summed E-state index contributed by atoms with van der Waals surface area (Å²) in [6.45, 7) is 0. The van der Waals surface area contributed by atoms with Crippen molar-refractivity contribution >= 4 is 32.0 Å². The minimum atomic E-state index is -0.154. The van der Waals surface area contributed by atoms with Crippen molar-refractivity contribution in [3.05, 3.63) is 66.2 Å². The number of rotatable bonds is 4. The van der Waals surface area contributed by atoms with Crippen LogP contribution in [0.3, 0.4) is 0 Å². The highest BCUT2D eigenvalue weighted by atomic mass is 79.9. The molecule has 0 aliphatic carbocycles. The first-order valence-electron chi connectivity index (χ1n) is 5.41. The average Bonchev–Trinajstić information content (AvgIpc) is 2.46. The Balaban J connectivity index is 2.08. The van der Waals surface area contributed by atoms with Crippen LogP contribution in [0.1, 0.15) is 10.4 Å². The minimum Gasteiger partial charge on any atom is -0.286 e. The van der Waals surface area contributed by atoms with Crippen LogP contribution in [0.2, 0.25) is 0 Å². The van der Waals surface area contributed by atoms with Gasteiger partial charge in [-0.25, -0.2) is 0 Å². The molecule has 0 aliphatic heterocycles. The van der Waals surface area contributed by atoms with E-state index in [1.54, 1.807) is 12.1 Å². The first-order valence-corrected chi connectivity index (χ1v) is 6.20. The maximum absolute atomic E-state index is 11.9. The Hall–Kier alpha value is -1.94. The first kappa shape index (κ1) is 12.5. The fourth-order valence-electron chi connectivity index (χ4n) is 1.39. The zero-order chi connectivity index (χ0) is 12.8. The second-order valence-corrected chi connectivity index (χ2v) is 4.33. The molecule has 0 unspecified atom stereocenters. The molecule has 0 atom stereocenters. The molecule has 0 bridgehead atoms. The third kappa shape index (κ3) is 3.28. The van der Waals surface area contributed by atoms with Gasteiger partial charge in [-0.15, -0.1) is 0 Å². The normalized spacial score (nSPS) is 11.1. The van der Waals surface area contributed by atoms with Gasteiger partial charge in [0.2, 0.25) is 5.78 Å². The summed E-state index contributed by atoms with van der Waals surface area (Å²) in [6, 6.07) is 18.5. The molecule has 2 aromatic carbocycles. The van der Waals surface area contributed by atoms with Crippen LogP contribution in [-0.4, -0.2) is 10.4 Å². The summed E-state index contributed by atoms with van der Waals surface area (Å²) in [6.07, 6.45) is 0. The van der Waals surface area contributed by atoms with Crippen LogP contribution in [0, 0.1) is 0 Å². The molecule has 0 spiro atoms. The van der Waals surface area contributed by atoms with Gasteiger partial charge in [0.05, 0.1) is 5.69 Å². The predicted molar refractivity (Wildman–Crippen MR) is 77.2 cm³/mol. The zero-order valence-corrected chi connectivity index (χ0v) is 11.1. The Labute approximate surface area is 114 Å². The highest BCUT2D eigenvalue weighted by Gasteiger charge is 2.10. The Morgan fingerprint density at radius 1 is 0.944 bits per heavy atom. The maximum atomic E-state index is 11.9. The van der Waals surface area contributed by atoms with E-state index < -0.39 is 0 Å². The summed E-state index contributed by atoms with van der Waals surface area (Å²) in [7, 11) is 0. The summed E-state index contributed by atoms with van der Waals surface area (Å²) >= 11 is 3.18. The van der Waals surface area contributed by atoms with Gasteiger partial charge >= 0.3 is 0 Å². The van der Waals surface area contributed by atoms with Crippen molar-refractivity contribution in [2.24, 2.45) is 5.10 Å². The molecule has 1 N–H and O–H groups in total. The third-order valence-corrected chi connectivity index (χ3v) is 2.82. The van der Waals surface area contributed by atoms with Gasteiger partial charge in [0.1, 0.15) is 0 Å². The number of benzene rings is 2. The number of hydrazone groups is 1. The van der Waals surface area contributed by atoms with Crippen LogP contribution in [0.25, 0.3) is 0 Å². The maximum Gasteiger partial charge on any atom is 0.220 e. The predicted octanol–water partition coefficient (Wildman–Crippen LogP) is 3.69. The van der Waals surface area contributed by atoms with Crippen molar-refractivity contribution in [3.63, 3.8) is 0 Å². The molecule has 0 fully saturated rings. The topological polar surface area (TPSA) is 41.5 Å². The van der Waals surface area contributed by atoms with Gasteiger partial charge in [-0.2, -0.15) is 5.10 Å². The van der Waals surface area contributed by atoms with E-state index >= 15 is 0 Å². The van der Waals surface area contributed by atoms with Crippen molar-refractivity contribution in [2.45, 2.75) is 0 Å². The Bertz CT molecular complexity index is 553. The molecule has 0 aromatic heterocycles. The molecule has 0 heterocycles. The van der Waals surface area contributed by atoms with Gasteiger partial charge < -0.3 is 0 Å². The molecule has 3 nitrogen and oxygen atoms in total. The third-order valence-electron chi connectivity index (χ3n) is 2.28. The molecule has 2 aromatic rings. The lowest BCUT2D eigenvalue weighted by molar-refractivity contribution is 0.106. The van der Waals surface area contributed by atoms with E-state index in [4.69, 9.17) is 0 Å². The van der Waals surface area contributed by atoms with Crippen LogP contribution in [0.15, 0.2) is 65.8 Å². The number of nitrogens with one attached hydrogen (secondary N) is 1. The lowest BCUT2D eigenvalue weighted by atomic mass is 10.1. The summed E-state index contributed by atoms with van der Waals surface area (Å²) in [5, 5.41) is 4.00. The smallest absolute Gasteiger partial charge is 0.220 e. The van der Waals surface area contributed by atoms with Crippen molar-refractivity contribution in [2.75, 3.05) is 5.43 Å². The number of hydrogen-bond donors (Lipinski definition) is 1. The Morgan fingerprint density at radius 3 is 2.11 bits per heavy atom. The van der Waals surface area contributed by atoms with Crippen LogP contribution < -0.4 is 5.43 Å². The summed E-state index contributed by atoms with van der Waals surface area (Å²) in [5.41, 5.74) is 4.24. The molecule has 0 saturated heterocycles. The van der Waals surface area contributed by atoms with Crippen LogP contribution in [0.4, 0.5) is 5.69 Å². The standard InChI is InChI=1S/C14H11BrN2O/c15-14(13(18)11-7-3-1-4-8-11)17-16-12-9-5-2-6-10-12/h1-10,16H/b17-14-. The number of carbonyl (C=O) groups is 1. The van der Waals surface area contributed by atoms with Crippen LogP contribution in [0.5, 0.6) is 0 Å². The number of para-hydroxylation sites is 1. The van der Waals surface area contributed by atoms with E-state index in [1.165, 1.54) is 0 Å². The average molecular weight is 303 g/mol. The summed E-state index contributed by atoms with van der Waals surface area (Å²) in [4.78, 5) is 11.9. The molecule has 2 rings (SSSR count). The molecule has 4 heteroatoms. The lowest BCUT2D eigenvalue weighted by Gasteiger charge is -2.01. The molecule has 0 radical (unpaired) electrons. The van der Waals surface area contributed by atoms with Gasteiger partial charge in [0.15, 0.2) is 4.62 Å². The first-order chi connectivity index (χ1) is 8.77. The lowest BCUT2D eigenvalue weighted by Crippen LogP contribution is -2.09. The number of nitrogens with zero attached hydrogens (tertiary/aromatic N) is 1. The quantitative estimate of drug-likeness (QED) is 0.532. The summed E-state index contributed by atoms with van der Waals surface area (Å²) < 4.78 is 0.248. The number of hydrogen-bond acceptors (Lipinski definition) is 3. The highest BCUT2D eigenvalue weighted by Crippen LogP contribution is 2.08. The molecule has 0 amide bonds. The van der Waals surface area contributed by atoms with Crippen molar-refractivity contribution < 1.29 is 4.79 Å². The van der Waals surface area contributed by atoms with E-state index in [1.807, 2.05) is 48.5 Å². The van der Waals surface area contributed by atoms with Crippen molar-refractivity contribution in [1.29, 1.82) is 0 Å². The van der Waals surface area contributed by atoms with E-state index in [-0.39, 0.29) is 10.4 Å². The van der Waals surface area contributed by atoms with E-state index in [0.29, 0.717) is 5.56 Å². The number of Topliss-reactive ketones (excluding diaryl/α,β-unsaturated/α-hetero) is 1. The molecule has 18 heavy (non-hydrogen) atoms. The summed E-state index contributed by atoms with van der Waals surface area (Å²) in [5.74, 6) is -0.154. The zero-order valence-electron chi connectivity index (χ0n) is 9.51. The van der Waals surface area contributed by atoms with E-state index in [0.717, 1.165) is 5.69 Å². The van der Waals surface area contributed by atoms with Crippen molar-refractivity contribution in [3.8, 4) is 0 Å². The number of anilines is 1. The van der Waals surface area contributed by atoms with E-state index in [2.05, 4.69) is 26.5 Å². The van der Waals surface area contributed by atoms with E-state index in [9.17, 15) is 4.79 Å². The Kier molecular flexibility index (Phi) is 4.25. The van der Waals surface area contributed by atoms with Gasteiger partial charge in [-0.05, 0) is 28.1 Å². The van der Waals surface area contributed by atoms with Gasteiger partial charge in [0.25, 0.3) is 0 Å². The molecular weight excluding hydrogens is 292 g/mol. The minimum absolute atomic E-state index is 0.154. The monoisotopic (exact) mass is 302 g/mol. The second kappa shape index (κ2) is 6.12. The van der Waals surface area contributed by atoms with Crippen LogP contribution in [-0.2, 0) is 0 Å². The molecule has 0 saturated carbocycles. The van der Waals surface area contributed by atoms with Gasteiger partial charge in [-0.3, -0.25) is 10.2 Å². The number of ketones is 1. The number of halogens is 1. The highest BCUT2D eigenvalue weighted by molar-refractivity contribution is 9.19. The molecular formula is C14H11BrN2O. The molecule has 90 valence electrons. The van der Waals surface area contributed by atoms with Crippen LogP contribution >= 0.6 is 15.9 Å². The SMILES string of the molecule is O=C(/C(Br)=N/Nc1ccccc1)c1ccccc1. The second-order valence-electron chi connectivity index (χ2n) is 3.58.